The Kier molecular flexibility index (Phi) is 5.63. The van der Waals surface area contributed by atoms with Crippen molar-refractivity contribution < 1.29 is 9.13 Å². The molecule has 35 heavy (non-hydrogen) atoms. The van der Waals surface area contributed by atoms with Crippen molar-refractivity contribution in [2.75, 3.05) is 12.3 Å². The predicted octanol–water partition coefficient (Wildman–Crippen LogP) is 6.92. The van der Waals surface area contributed by atoms with E-state index in [1.54, 1.807) is 13.1 Å². The summed E-state index contributed by atoms with van der Waals surface area (Å²) in [6, 6.07) is 11.7. The zero-order chi connectivity index (χ0) is 24.3. The molecular weight excluding hydrogens is 486 g/mol. The van der Waals surface area contributed by atoms with Crippen LogP contribution in [0, 0.1) is 5.82 Å². The number of halogens is 3. The molecule has 1 saturated carbocycles. The van der Waals surface area contributed by atoms with Crippen molar-refractivity contribution >= 4 is 39.9 Å². The van der Waals surface area contributed by atoms with E-state index in [4.69, 9.17) is 33.7 Å². The second-order valence-electron chi connectivity index (χ2n) is 9.42. The quantitative estimate of drug-likeness (QED) is 0.286. The van der Waals surface area contributed by atoms with Crippen LogP contribution in [0.15, 0.2) is 42.6 Å². The SMILES string of the molecule is C[C@@H](Oc1cc(-c2ccc3[nH]c4c(c3c2)CN(C2CC2)CC4)cnc1N)c1c(Cl)ccc(F)c1Cl. The van der Waals surface area contributed by atoms with Gasteiger partial charge < -0.3 is 15.5 Å². The largest absolute Gasteiger partial charge is 0.482 e. The molecule has 2 aromatic carbocycles. The molecule has 0 spiro atoms. The number of ether oxygens (including phenoxy) is 1. The first kappa shape index (κ1) is 22.7. The van der Waals surface area contributed by atoms with Crippen LogP contribution in [0.2, 0.25) is 10.0 Å². The second kappa shape index (κ2) is 8.70. The smallest absolute Gasteiger partial charge is 0.166 e. The maximum Gasteiger partial charge on any atom is 0.166 e. The first-order chi connectivity index (χ1) is 16.9. The minimum Gasteiger partial charge on any atom is -0.482 e. The molecule has 3 heterocycles. The molecule has 8 heteroatoms. The number of anilines is 1. The number of aromatic amines is 1. The number of hydrogen-bond acceptors (Lipinski definition) is 4. The third-order valence-electron chi connectivity index (χ3n) is 7.07. The van der Waals surface area contributed by atoms with Crippen LogP contribution in [-0.2, 0) is 13.0 Å². The zero-order valence-electron chi connectivity index (χ0n) is 19.2. The molecule has 180 valence electrons. The van der Waals surface area contributed by atoms with Crippen LogP contribution in [-0.4, -0.2) is 27.5 Å². The number of benzene rings is 2. The molecule has 0 bridgehead atoms. The molecular formula is C27H25Cl2FN4O. The molecule has 1 aliphatic heterocycles. The number of hydrogen-bond donors (Lipinski definition) is 2. The highest BCUT2D eigenvalue weighted by Gasteiger charge is 2.32. The Morgan fingerprint density at radius 2 is 2.00 bits per heavy atom. The van der Waals surface area contributed by atoms with E-state index in [-0.39, 0.29) is 10.8 Å². The van der Waals surface area contributed by atoms with E-state index in [0.29, 0.717) is 16.3 Å². The lowest BCUT2D eigenvalue weighted by molar-refractivity contribution is 0.227. The van der Waals surface area contributed by atoms with Crippen LogP contribution < -0.4 is 10.5 Å². The molecule has 1 atom stereocenters. The van der Waals surface area contributed by atoms with Crippen molar-refractivity contribution in [2.45, 2.75) is 44.9 Å². The number of rotatable bonds is 5. The monoisotopic (exact) mass is 510 g/mol. The summed E-state index contributed by atoms with van der Waals surface area (Å²) in [7, 11) is 0. The Bertz CT molecular complexity index is 1450. The number of nitrogens with one attached hydrogen (secondary N) is 1. The summed E-state index contributed by atoms with van der Waals surface area (Å²) in [5.74, 6) is 0.0803. The number of H-pyrrole nitrogens is 1. The lowest BCUT2D eigenvalue weighted by Crippen LogP contribution is -2.31. The van der Waals surface area contributed by atoms with Crippen molar-refractivity contribution in [2.24, 2.45) is 0 Å². The molecule has 2 aliphatic rings. The lowest BCUT2D eigenvalue weighted by Gasteiger charge is -2.26. The summed E-state index contributed by atoms with van der Waals surface area (Å²) in [6.07, 6.45) is 4.80. The molecule has 0 radical (unpaired) electrons. The van der Waals surface area contributed by atoms with Gasteiger partial charge in [0.15, 0.2) is 11.6 Å². The Balaban J connectivity index is 1.33. The fourth-order valence-electron chi connectivity index (χ4n) is 5.04. The van der Waals surface area contributed by atoms with Gasteiger partial charge in [0, 0.05) is 64.5 Å². The normalized spacial score (nSPS) is 16.9. The van der Waals surface area contributed by atoms with Gasteiger partial charge in [-0.1, -0.05) is 29.3 Å². The van der Waals surface area contributed by atoms with Gasteiger partial charge in [-0.3, -0.25) is 4.90 Å². The van der Waals surface area contributed by atoms with E-state index < -0.39 is 11.9 Å². The van der Waals surface area contributed by atoms with Gasteiger partial charge in [0.1, 0.15) is 11.9 Å². The van der Waals surface area contributed by atoms with E-state index in [1.165, 1.54) is 41.6 Å². The lowest BCUT2D eigenvalue weighted by atomic mass is 10.0. The standard InChI is InChI=1S/C27H25Cl2FN4O/c1-14(25-20(28)5-6-21(30)26(25)29)35-24-11-16(12-32-27(24)31)15-2-7-22-18(10-15)19-13-34(17-3-4-17)9-8-23(19)33-22/h2,5-7,10-12,14,17,33H,3-4,8-9,13H2,1H3,(H2,31,32)/t14-/m1/s1. The fraction of sp³-hybridized carbons (Fsp3) is 0.296. The highest BCUT2D eigenvalue weighted by atomic mass is 35.5. The third kappa shape index (κ3) is 4.14. The number of pyridine rings is 1. The number of fused-ring (bicyclic) bond motifs is 3. The third-order valence-corrected chi connectivity index (χ3v) is 7.79. The van der Waals surface area contributed by atoms with Crippen molar-refractivity contribution in [1.29, 1.82) is 0 Å². The van der Waals surface area contributed by atoms with Crippen LogP contribution in [0.25, 0.3) is 22.0 Å². The summed E-state index contributed by atoms with van der Waals surface area (Å²) in [5.41, 5.74) is 12.3. The summed E-state index contributed by atoms with van der Waals surface area (Å²) >= 11 is 12.5. The topological polar surface area (TPSA) is 67.2 Å². The minimum absolute atomic E-state index is 0.0596. The first-order valence-corrected chi connectivity index (χ1v) is 12.6. The Morgan fingerprint density at radius 3 is 2.80 bits per heavy atom. The highest BCUT2D eigenvalue weighted by Crippen LogP contribution is 2.39. The van der Waals surface area contributed by atoms with Gasteiger partial charge in [-0.05, 0) is 61.2 Å². The molecule has 1 aliphatic carbocycles. The van der Waals surface area contributed by atoms with Crippen molar-refractivity contribution in [3.8, 4) is 16.9 Å². The number of nitrogens with two attached hydrogens (primary N) is 1. The zero-order valence-corrected chi connectivity index (χ0v) is 20.8. The second-order valence-corrected chi connectivity index (χ2v) is 10.2. The molecule has 3 N–H and O–H groups in total. The van der Waals surface area contributed by atoms with Crippen molar-refractivity contribution in [3.05, 3.63) is 75.3 Å². The fourth-order valence-corrected chi connectivity index (χ4v) is 5.72. The molecule has 4 aromatic rings. The predicted molar refractivity (Wildman–Crippen MR) is 139 cm³/mol. The molecule has 0 unspecified atom stereocenters. The molecule has 5 nitrogen and oxygen atoms in total. The van der Waals surface area contributed by atoms with E-state index in [0.717, 1.165) is 42.2 Å². The van der Waals surface area contributed by atoms with Crippen LogP contribution in [0.3, 0.4) is 0 Å². The van der Waals surface area contributed by atoms with Gasteiger partial charge in [0.25, 0.3) is 0 Å². The maximum absolute atomic E-state index is 14.0. The van der Waals surface area contributed by atoms with Crippen LogP contribution in [0.4, 0.5) is 10.2 Å². The van der Waals surface area contributed by atoms with Crippen LogP contribution in [0.5, 0.6) is 5.75 Å². The van der Waals surface area contributed by atoms with Crippen molar-refractivity contribution in [1.82, 2.24) is 14.9 Å². The summed E-state index contributed by atoms with van der Waals surface area (Å²) in [4.78, 5) is 10.6. The maximum atomic E-state index is 14.0. The first-order valence-electron chi connectivity index (χ1n) is 11.8. The van der Waals surface area contributed by atoms with E-state index >= 15 is 0 Å². The van der Waals surface area contributed by atoms with Gasteiger partial charge in [-0.2, -0.15) is 0 Å². The summed E-state index contributed by atoms with van der Waals surface area (Å²) in [5, 5.41) is 1.51. The van der Waals surface area contributed by atoms with Gasteiger partial charge >= 0.3 is 0 Å². The number of nitrogens with zero attached hydrogens (tertiary/aromatic N) is 2. The molecule has 0 amide bonds. The van der Waals surface area contributed by atoms with E-state index in [9.17, 15) is 4.39 Å². The number of nitrogen functional groups attached to an aromatic ring is 1. The molecule has 2 aromatic heterocycles. The minimum atomic E-state index is -0.627. The summed E-state index contributed by atoms with van der Waals surface area (Å²) in [6.45, 7) is 3.87. The van der Waals surface area contributed by atoms with Crippen LogP contribution >= 0.6 is 23.2 Å². The summed E-state index contributed by atoms with van der Waals surface area (Å²) < 4.78 is 20.1. The molecule has 0 saturated heterocycles. The highest BCUT2D eigenvalue weighted by molar-refractivity contribution is 6.36. The Morgan fingerprint density at radius 1 is 1.17 bits per heavy atom. The van der Waals surface area contributed by atoms with Gasteiger partial charge in [-0.25, -0.2) is 9.37 Å². The van der Waals surface area contributed by atoms with Gasteiger partial charge in [0.05, 0.1) is 5.02 Å². The van der Waals surface area contributed by atoms with Crippen LogP contribution in [0.1, 0.15) is 42.7 Å². The average molecular weight is 511 g/mol. The molecule has 1 fully saturated rings. The average Bonchev–Trinajstić information content (AvgIpc) is 3.64. The van der Waals surface area contributed by atoms with E-state index in [1.807, 2.05) is 6.07 Å². The van der Waals surface area contributed by atoms with Gasteiger partial charge in [-0.15, -0.1) is 0 Å². The number of aromatic nitrogens is 2. The van der Waals surface area contributed by atoms with Gasteiger partial charge in [0.2, 0.25) is 0 Å². The molecule has 6 rings (SSSR count). The Labute approximate surface area is 213 Å². The van der Waals surface area contributed by atoms with E-state index in [2.05, 4.69) is 33.1 Å². The Hall–Kier alpha value is -2.80. The van der Waals surface area contributed by atoms with Crippen molar-refractivity contribution in [3.63, 3.8) is 0 Å².